The Kier molecular flexibility index (Phi) is 2.66. The summed E-state index contributed by atoms with van der Waals surface area (Å²) >= 11 is 0. The first kappa shape index (κ1) is 10.1. The van der Waals surface area contributed by atoms with Crippen LogP contribution in [-0.4, -0.2) is 21.6 Å². The zero-order valence-corrected chi connectivity index (χ0v) is 8.42. The molecular weight excluding hydrogens is 194 g/mol. The lowest BCUT2D eigenvalue weighted by atomic mass is 10.1. The van der Waals surface area contributed by atoms with Crippen LogP contribution in [0.25, 0.3) is 11.2 Å². The molecule has 80 valence electrons. The third-order valence-corrected chi connectivity index (χ3v) is 2.35. The molecule has 0 aliphatic carbocycles. The van der Waals surface area contributed by atoms with Crippen molar-refractivity contribution in [1.82, 2.24) is 9.97 Å². The van der Waals surface area contributed by atoms with E-state index in [4.69, 9.17) is 10.2 Å². The molecule has 0 saturated heterocycles. The molecule has 0 fully saturated rings. The van der Waals surface area contributed by atoms with Gasteiger partial charge in [-0.05, 0) is 18.7 Å². The lowest BCUT2D eigenvalue weighted by Crippen LogP contribution is -2.18. The minimum Gasteiger partial charge on any atom is -0.436 e. The Balaban J connectivity index is 2.36. The van der Waals surface area contributed by atoms with Gasteiger partial charge in [-0.2, -0.15) is 4.98 Å². The van der Waals surface area contributed by atoms with Crippen LogP contribution in [0.15, 0.2) is 22.7 Å². The van der Waals surface area contributed by atoms with E-state index in [0.717, 1.165) is 0 Å². The Hall–Kier alpha value is -1.46. The van der Waals surface area contributed by atoms with Gasteiger partial charge >= 0.3 is 0 Å². The van der Waals surface area contributed by atoms with E-state index in [1.54, 1.807) is 18.3 Å². The first-order valence-electron chi connectivity index (χ1n) is 4.82. The standard InChI is InChI=1S/C10H13N3O2/c1-6(5-11)8(14)10-13-9-7(15-10)3-2-4-12-9/h2-4,6,8,14H,5,11H2,1H3. The summed E-state index contributed by atoms with van der Waals surface area (Å²) in [7, 11) is 0. The molecule has 0 spiro atoms. The smallest absolute Gasteiger partial charge is 0.226 e. The van der Waals surface area contributed by atoms with Crippen molar-refractivity contribution < 1.29 is 9.52 Å². The summed E-state index contributed by atoms with van der Waals surface area (Å²) in [5, 5.41) is 9.83. The van der Waals surface area contributed by atoms with E-state index < -0.39 is 6.10 Å². The van der Waals surface area contributed by atoms with Crippen LogP contribution in [-0.2, 0) is 0 Å². The molecule has 0 aliphatic rings. The fraction of sp³-hybridized carbons (Fsp3) is 0.400. The summed E-state index contributed by atoms with van der Waals surface area (Å²) in [5.41, 5.74) is 6.55. The van der Waals surface area contributed by atoms with Crippen molar-refractivity contribution in [3.8, 4) is 0 Å². The maximum absolute atomic E-state index is 9.83. The average Bonchev–Trinajstić information content (AvgIpc) is 2.70. The maximum Gasteiger partial charge on any atom is 0.226 e. The molecule has 0 amide bonds. The van der Waals surface area contributed by atoms with Crippen molar-refractivity contribution in [2.24, 2.45) is 11.7 Å². The molecule has 0 aliphatic heterocycles. The monoisotopic (exact) mass is 207 g/mol. The minimum absolute atomic E-state index is 0.0851. The fourth-order valence-electron chi connectivity index (χ4n) is 1.28. The van der Waals surface area contributed by atoms with Gasteiger partial charge in [0.15, 0.2) is 11.2 Å². The molecule has 2 aromatic heterocycles. The van der Waals surface area contributed by atoms with E-state index in [1.807, 2.05) is 6.92 Å². The van der Waals surface area contributed by atoms with E-state index in [0.29, 0.717) is 17.8 Å². The molecule has 0 aromatic carbocycles. The highest BCUT2D eigenvalue weighted by atomic mass is 16.4. The predicted molar refractivity (Wildman–Crippen MR) is 55.0 cm³/mol. The van der Waals surface area contributed by atoms with Gasteiger partial charge in [-0.25, -0.2) is 4.98 Å². The Morgan fingerprint density at radius 2 is 2.40 bits per heavy atom. The van der Waals surface area contributed by atoms with Crippen LogP contribution < -0.4 is 5.73 Å². The quantitative estimate of drug-likeness (QED) is 0.779. The number of nitrogens with zero attached hydrogens (tertiary/aromatic N) is 2. The summed E-state index contributed by atoms with van der Waals surface area (Å²) in [5.74, 6) is 0.194. The van der Waals surface area contributed by atoms with Gasteiger partial charge in [0.25, 0.3) is 0 Å². The Morgan fingerprint density at radius 3 is 3.07 bits per heavy atom. The number of hydrogen-bond acceptors (Lipinski definition) is 5. The molecule has 0 bridgehead atoms. The van der Waals surface area contributed by atoms with E-state index in [-0.39, 0.29) is 11.8 Å². The van der Waals surface area contributed by atoms with Gasteiger partial charge in [0.05, 0.1) is 0 Å². The molecule has 2 aromatic rings. The summed E-state index contributed by atoms with van der Waals surface area (Å²) in [6.07, 6.45) is 0.858. The number of hydrogen-bond donors (Lipinski definition) is 2. The van der Waals surface area contributed by atoms with Crippen molar-refractivity contribution in [3.63, 3.8) is 0 Å². The van der Waals surface area contributed by atoms with Crippen molar-refractivity contribution in [2.75, 3.05) is 6.54 Å². The highest BCUT2D eigenvalue weighted by molar-refractivity contribution is 5.66. The van der Waals surface area contributed by atoms with Crippen LogP contribution in [0.5, 0.6) is 0 Å². The van der Waals surface area contributed by atoms with Crippen LogP contribution in [0, 0.1) is 5.92 Å². The molecule has 2 heterocycles. The van der Waals surface area contributed by atoms with E-state index >= 15 is 0 Å². The Bertz CT molecular complexity index is 422. The van der Waals surface area contributed by atoms with E-state index in [1.165, 1.54) is 0 Å². The molecule has 3 N–H and O–H groups in total. The topological polar surface area (TPSA) is 85.2 Å². The molecule has 5 heteroatoms. The highest BCUT2D eigenvalue weighted by Gasteiger charge is 2.21. The Labute approximate surface area is 86.9 Å². The van der Waals surface area contributed by atoms with E-state index in [2.05, 4.69) is 9.97 Å². The molecular formula is C10H13N3O2. The molecule has 0 saturated carbocycles. The second-order valence-corrected chi connectivity index (χ2v) is 3.54. The zero-order valence-electron chi connectivity index (χ0n) is 8.42. The van der Waals surface area contributed by atoms with Gasteiger partial charge in [0.2, 0.25) is 5.89 Å². The second kappa shape index (κ2) is 3.96. The molecule has 5 nitrogen and oxygen atoms in total. The molecule has 2 rings (SSSR count). The predicted octanol–water partition coefficient (Wildman–Crippen LogP) is 0.851. The summed E-state index contributed by atoms with van der Waals surface area (Å²) in [4.78, 5) is 8.12. The van der Waals surface area contributed by atoms with Crippen molar-refractivity contribution in [3.05, 3.63) is 24.2 Å². The van der Waals surface area contributed by atoms with Crippen molar-refractivity contribution >= 4 is 11.2 Å². The third-order valence-electron chi connectivity index (χ3n) is 2.35. The number of nitrogens with two attached hydrogens (primary N) is 1. The summed E-state index contributed by atoms with van der Waals surface area (Å²) in [6.45, 7) is 2.22. The van der Waals surface area contributed by atoms with Gasteiger partial charge in [0, 0.05) is 12.1 Å². The average molecular weight is 207 g/mol. The zero-order chi connectivity index (χ0) is 10.8. The van der Waals surface area contributed by atoms with Crippen LogP contribution in [0.3, 0.4) is 0 Å². The van der Waals surface area contributed by atoms with Crippen LogP contribution >= 0.6 is 0 Å². The number of oxazole rings is 1. The number of aliphatic hydroxyl groups is 1. The van der Waals surface area contributed by atoms with Gasteiger partial charge < -0.3 is 15.3 Å². The summed E-state index contributed by atoms with van der Waals surface area (Å²) < 4.78 is 5.37. The number of pyridine rings is 1. The molecule has 0 radical (unpaired) electrons. The van der Waals surface area contributed by atoms with Gasteiger partial charge in [0.1, 0.15) is 6.10 Å². The van der Waals surface area contributed by atoms with E-state index in [9.17, 15) is 5.11 Å². The highest BCUT2D eigenvalue weighted by Crippen LogP contribution is 2.23. The largest absolute Gasteiger partial charge is 0.436 e. The number of aromatic nitrogens is 2. The number of aliphatic hydroxyl groups excluding tert-OH is 1. The first-order valence-corrected chi connectivity index (χ1v) is 4.82. The van der Waals surface area contributed by atoms with Crippen LogP contribution in [0.1, 0.15) is 18.9 Å². The van der Waals surface area contributed by atoms with Crippen molar-refractivity contribution in [2.45, 2.75) is 13.0 Å². The number of fused-ring (bicyclic) bond motifs is 1. The second-order valence-electron chi connectivity index (χ2n) is 3.54. The van der Waals surface area contributed by atoms with Gasteiger partial charge in [-0.1, -0.05) is 6.92 Å². The number of rotatable bonds is 3. The normalized spacial score (nSPS) is 15.4. The fourth-order valence-corrected chi connectivity index (χ4v) is 1.28. The minimum atomic E-state index is -0.774. The first-order chi connectivity index (χ1) is 7.22. The summed E-state index contributed by atoms with van der Waals surface area (Å²) in [6, 6.07) is 3.52. The van der Waals surface area contributed by atoms with Gasteiger partial charge in [-0.3, -0.25) is 0 Å². The maximum atomic E-state index is 9.83. The molecule has 15 heavy (non-hydrogen) atoms. The van der Waals surface area contributed by atoms with Crippen LogP contribution in [0.2, 0.25) is 0 Å². The lowest BCUT2D eigenvalue weighted by molar-refractivity contribution is 0.0943. The van der Waals surface area contributed by atoms with Gasteiger partial charge in [-0.15, -0.1) is 0 Å². The lowest BCUT2D eigenvalue weighted by Gasteiger charge is -2.12. The van der Waals surface area contributed by atoms with Crippen molar-refractivity contribution in [1.29, 1.82) is 0 Å². The van der Waals surface area contributed by atoms with Crippen LogP contribution in [0.4, 0.5) is 0 Å². The SMILES string of the molecule is CC(CN)C(O)c1nc2ncccc2o1. The molecule has 2 unspecified atom stereocenters. The molecule has 2 atom stereocenters. The Morgan fingerprint density at radius 1 is 1.60 bits per heavy atom. The third kappa shape index (κ3) is 1.84.